The van der Waals surface area contributed by atoms with Crippen LogP contribution in [0.4, 0.5) is 18.9 Å². The molecule has 3 fully saturated rings. The summed E-state index contributed by atoms with van der Waals surface area (Å²) in [6.07, 6.45) is 11.2. The Labute approximate surface area is 194 Å². The van der Waals surface area contributed by atoms with Crippen molar-refractivity contribution in [2.24, 2.45) is 17.8 Å². The number of benzene rings is 1. The molecule has 2 heterocycles. The Balaban J connectivity index is 0.000000155. The average Bonchev–Trinajstić information content (AvgIpc) is 3.22. The zero-order chi connectivity index (χ0) is 23.8. The zero-order valence-electron chi connectivity index (χ0n) is 19.2. The van der Waals surface area contributed by atoms with Crippen molar-refractivity contribution >= 4 is 16.6 Å². The van der Waals surface area contributed by atoms with Gasteiger partial charge < -0.3 is 10.3 Å². The van der Waals surface area contributed by atoms with Gasteiger partial charge in [-0.15, -0.1) is 0 Å². The van der Waals surface area contributed by atoms with Crippen LogP contribution in [0.25, 0.3) is 10.9 Å². The van der Waals surface area contributed by atoms with Crippen LogP contribution in [0, 0.1) is 41.6 Å². The van der Waals surface area contributed by atoms with Crippen molar-refractivity contribution in [1.29, 1.82) is 5.26 Å². The van der Waals surface area contributed by atoms with Crippen LogP contribution in [0.3, 0.4) is 0 Å². The lowest BCUT2D eigenvalue weighted by Gasteiger charge is -2.18. The first-order valence-corrected chi connectivity index (χ1v) is 11.8. The number of nitriles is 1. The quantitative estimate of drug-likeness (QED) is 0.416. The number of fused-ring (bicyclic) bond motifs is 2. The molecule has 2 atom stereocenters. The van der Waals surface area contributed by atoms with E-state index in [1.54, 1.807) is 4.90 Å². The Morgan fingerprint density at radius 2 is 1.88 bits per heavy atom. The molecule has 0 bridgehead atoms. The van der Waals surface area contributed by atoms with Gasteiger partial charge >= 0.3 is 6.18 Å². The molecule has 33 heavy (non-hydrogen) atoms. The lowest BCUT2D eigenvalue weighted by atomic mass is 10.0. The van der Waals surface area contributed by atoms with Crippen LogP contribution >= 0.6 is 0 Å². The molecule has 0 amide bonds. The molecule has 2 aliphatic carbocycles. The maximum absolute atomic E-state index is 12.0. The maximum Gasteiger partial charge on any atom is 0.401 e. The van der Waals surface area contributed by atoms with E-state index in [4.69, 9.17) is 11.7 Å². The van der Waals surface area contributed by atoms with Crippen molar-refractivity contribution < 1.29 is 13.2 Å². The standard InChI is InChI=1S/C13H14N2.C9H14F3N.C4H5N/c1-3-5-10-6-7-12-11(8-10)13(9-15-12)14-4-2;10-9(11,12)6-13-4-7-2-1-3-8(7)5-13;5-3-4-1-2-4/h2,6-9,14-15H,3,5H2,1H3;7-8H,1-6H2;4H,1-2H2. The van der Waals surface area contributed by atoms with Crippen LogP contribution in [-0.2, 0) is 6.42 Å². The number of likely N-dealkylation sites (tertiary alicyclic amines) is 1. The summed E-state index contributed by atoms with van der Waals surface area (Å²) in [7, 11) is 0. The number of nitrogens with one attached hydrogen (secondary N) is 2. The first-order chi connectivity index (χ1) is 15.8. The predicted molar refractivity (Wildman–Crippen MR) is 126 cm³/mol. The number of aromatic nitrogens is 1. The number of hydrogen-bond acceptors (Lipinski definition) is 3. The van der Waals surface area contributed by atoms with Gasteiger partial charge in [0, 0.05) is 42.2 Å². The van der Waals surface area contributed by atoms with Gasteiger partial charge in [-0.25, -0.2) is 0 Å². The third-order valence-corrected chi connectivity index (χ3v) is 6.46. The second-order valence-corrected chi connectivity index (χ2v) is 9.27. The number of anilines is 1. The van der Waals surface area contributed by atoms with Crippen molar-refractivity contribution in [2.45, 2.75) is 58.0 Å². The van der Waals surface area contributed by atoms with E-state index in [-0.39, 0.29) is 0 Å². The Morgan fingerprint density at radius 1 is 1.18 bits per heavy atom. The Bertz CT molecular complexity index is 966. The zero-order valence-corrected chi connectivity index (χ0v) is 19.2. The molecule has 0 radical (unpaired) electrons. The van der Waals surface area contributed by atoms with E-state index >= 15 is 0 Å². The Kier molecular flexibility index (Phi) is 8.69. The third kappa shape index (κ3) is 7.72. The molecule has 3 aliphatic rings. The minimum absolute atomic E-state index is 0.440. The minimum Gasteiger partial charge on any atom is -0.359 e. The van der Waals surface area contributed by atoms with E-state index in [0.717, 1.165) is 49.7 Å². The molecular weight excluding hydrogens is 425 g/mol. The van der Waals surface area contributed by atoms with E-state index in [1.165, 1.54) is 17.4 Å². The normalized spacial score (nSPS) is 21.8. The van der Waals surface area contributed by atoms with Gasteiger partial charge in [-0.1, -0.05) is 32.3 Å². The van der Waals surface area contributed by atoms with Crippen molar-refractivity contribution in [3.8, 4) is 18.5 Å². The van der Waals surface area contributed by atoms with Gasteiger partial charge in [0.05, 0.1) is 18.3 Å². The second kappa shape index (κ2) is 11.5. The molecule has 1 saturated heterocycles. The Hall–Kier alpha value is -2.64. The lowest BCUT2D eigenvalue weighted by molar-refractivity contribution is -0.144. The van der Waals surface area contributed by atoms with Gasteiger partial charge in [-0.3, -0.25) is 4.90 Å². The average molecular weight is 459 g/mol. The molecule has 178 valence electrons. The molecule has 0 spiro atoms. The van der Waals surface area contributed by atoms with Gasteiger partial charge in [0.1, 0.15) is 0 Å². The van der Waals surface area contributed by atoms with Gasteiger partial charge in [-0.2, -0.15) is 18.4 Å². The first kappa shape index (κ1) is 25.0. The van der Waals surface area contributed by atoms with Crippen LogP contribution in [0.5, 0.6) is 0 Å². The fourth-order valence-corrected chi connectivity index (χ4v) is 4.72. The summed E-state index contributed by atoms with van der Waals surface area (Å²) in [5, 5.41) is 12.0. The number of hydrogen-bond donors (Lipinski definition) is 2. The van der Waals surface area contributed by atoms with Crippen LogP contribution in [0.2, 0.25) is 0 Å². The predicted octanol–water partition coefficient (Wildman–Crippen LogP) is 6.32. The molecule has 1 aromatic carbocycles. The highest BCUT2D eigenvalue weighted by molar-refractivity contribution is 5.93. The first-order valence-electron chi connectivity index (χ1n) is 11.8. The molecule has 1 aromatic heterocycles. The Morgan fingerprint density at radius 3 is 2.39 bits per heavy atom. The molecule has 2 aromatic rings. The van der Waals surface area contributed by atoms with Gasteiger partial charge in [0.25, 0.3) is 0 Å². The molecule has 2 unspecified atom stereocenters. The summed E-state index contributed by atoms with van der Waals surface area (Å²) in [6.45, 7) is 2.82. The summed E-state index contributed by atoms with van der Waals surface area (Å²) >= 11 is 0. The van der Waals surface area contributed by atoms with Crippen molar-refractivity contribution in [2.75, 3.05) is 25.0 Å². The van der Waals surface area contributed by atoms with Crippen LogP contribution < -0.4 is 5.32 Å². The van der Waals surface area contributed by atoms with Gasteiger partial charge in [0.2, 0.25) is 0 Å². The highest BCUT2D eigenvalue weighted by Gasteiger charge is 2.40. The fraction of sp³-hybridized carbons (Fsp3) is 0.577. The maximum atomic E-state index is 12.0. The van der Waals surface area contributed by atoms with Crippen LogP contribution in [0.1, 0.15) is 51.0 Å². The number of rotatable bonds is 4. The number of nitrogens with zero attached hydrogens (tertiary/aromatic N) is 2. The minimum atomic E-state index is -4.02. The molecule has 2 N–H and O–H groups in total. The monoisotopic (exact) mass is 458 g/mol. The summed E-state index contributed by atoms with van der Waals surface area (Å²) in [6, 6.07) is 11.0. The van der Waals surface area contributed by atoms with Crippen LogP contribution in [0.15, 0.2) is 24.4 Å². The van der Waals surface area contributed by atoms with E-state index in [1.807, 2.05) is 6.20 Å². The molecule has 1 aliphatic heterocycles. The fourth-order valence-electron chi connectivity index (χ4n) is 4.72. The second-order valence-electron chi connectivity index (χ2n) is 9.27. The highest BCUT2D eigenvalue weighted by atomic mass is 19.4. The smallest absolute Gasteiger partial charge is 0.359 e. The molecule has 5 rings (SSSR count). The summed E-state index contributed by atoms with van der Waals surface area (Å²) in [4.78, 5) is 4.75. The number of aryl methyl sites for hydroxylation is 1. The van der Waals surface area contributed by atoms with Gasteiger partial charge in [-0.05, 0) is 61.6 Å². The number of H-pyrrole nitrogens is 1. The van der Waals surface area contributed by atoms with Crippen molar-refractivity contribution in [3.63, 3.8) is 0 Å². The number of halogens is 3. The SMILES string of the molecule is C#CNc1c[nH]c2ccc(CCC)cc12.FC(F)(F)CN1CC2CCCC2C1.N#CC1CC1. The van der Waals surface area contributed by atoms with E-state index in [0.29, 0.717) is 30.8 Å². The van der Waals surface area contributed by atoms with Gasteiger partial charge in [0.15, 0.2) is 0 Å². The van der Waals surface area contributed by atoms with Crippen LogP contribution in [-0.4, -0.2) is 35.7 Å². The molecular formula is C26H33F3N4. The van der Waals surface area contributed by atoms with E-state index in [9.17, 15) is 13.2 Å². The molecule has 4 nitrogen and oxygen atoms in total. The number of aromatic amines is 1. The summed E-state index contributed by atoms with van der Waals surface area (Å²) < 4.78 is 36.1. The number of terminal acetylenes is 1. The largest absolute Gasteiger partial charge is 0.401 e. The van der Waals surface area contributed by atoms with Crippen molar-refractivity contribution in [1.82, 2.24) is 9.88 Å². The van der Waals surface area contributed by atoms with E-state index < -0.39 is 12.7 Å². The number of alkyl halides is 3. The van der Waals surface area contributed by atoms with Crippen molar-refractivity contribution in [3.05, 3.63) is 30.0 Å². The lowest BCUT2D eigenvalue weighted by Crippen LogP contribution is -2.33. The molecule has 7 heteroatoms. The van der Waals surface area contributed by atoms with E-state index in [2.05, 4.69) is 47.5 Å². The molecule has 2 saturated carbocycles. The summed E-state index contributed by atoms with van der Waals surface area (Å²) in [5.74, 6) is 1.56. The topological polar surface area (TPSA) is 54.9 Å². The summed E-state index contributed by atoms with van der Waals surface area (Å²) in [5.41, 5.74) is 3.45. The highest BCUT2D eigenvalue weighted by Crippen LogP contribution is 2.38. The third-order valence-electron chi connectivity index (χ3n) is 6.46.